The molecular formula is C29H34F2N8. The Kier molecular flexibility index (Phi) is 6.76. The number of halogens is 2. The van der Waals surface area contributed by atoms with Gasteiger partial charge in [0.15, 0.2) is 11.6 Å². The fourth-order valence-corrected chi connectivity index (χ4v) is 6.10. The monoisotopic (exact) mass is 532 g/mol. The van der Waals surface area contributed by atoms with Crippen LogP contribution < -0.4 is 5.32 Å². The number of likely N-dealkylation sites (tertiary alicyclic amines) is 1. The molecule has 8 nitrogen and oxygen atoms in total. The van der Waals surface area contributed by atoms with E-state index in [0.29, 0.717) is 22.8 Å². The van der Waals surface area contributed by atoms with E-state index in [1.165, 1.54) is 31.0 Å². The smallest absolute Gasteiger partial charge is 0.229 e. The van der Waals surface area contributed by atoms with E-state index in [4.69, 9.17) is 4.98 Å². The van der Waals surface area contributed by atoms with Gasteiger partial charge in [0, 0.05) is 61.5 Å². The summed E-state index contributed by atoms with van der Waals surface area (Å²) in [5.74, 6) is -0.206. The first kappa shape index (κ1) is 25.8. The Morgan fingerprint density at radius 3 is 2.69 bits per heavy atom. The molecule has 0 aliphatic carbocycles. The summed E-state index contributed by atoms with van der Waals surface area (Å²) < 4.78 is 31.6. The van der Waals surface area contributed by atoms with Crippen LogP contribution in [0.4, 0.5) is 20.5 Å². The van der Waals surface area contributed by atoms with E-state index >= 15 is 4.39 Å². The van der Waals surface area contributed by atoms with Gasteiger partial charge in [0.05, 0.1) is 6.20 Å². The molecule has 2 aliphatic heterocycles. The lowest BCUT2D eigenvalue weighted by molar-refractivity contribution is 0.100. The molecule has 0 unspecified atom stereocenters. The van der Waals surface area contributed by atoms with Gasteiger partial charge in [-0.05, 0) is 56.1 Å². The van der Waals surface area contributed by atoms with Crippen LogP contribution in [0.15, 0.2) is 30.5 Å². The molecule has 204 valence electrons. The fourth-order valence-electron chi connectivity index (χ4n) is 6.10. The molecule has 39 heavy (non-hydrogen) atoms. The minimum Gasteiger partial charge on any atom is -0.309 e. The highest BCUT2D eigenvalue weighted by atomic mass is 19.1. The zero-order chi connectivity index (χ0) is 27.3. The van der Waals surface area contributed by atoms with Crippen molar-refractivity contribution in [2.45, 2.75) is 51.6 Å². The van der Waals surface area contributed by atoms with Crippen molar-refractivity contribution in [3.8, 4) is 11.3 Å². The summed E-state index contributed by atoms with van der Waals surface area (Å²) >= 11 is 0. The van der Waals surface area contributed by atoms with Crippen molar-refractivity contribution >= 4 is 22.7 Å². The number of hydrogen-bond acceptors (Lipinski definition) is 7. The number of aromatic nitrogens is 5. The molecule has 0 saturated carbocycles. The average molecular weight is 533 g/mol. The number of anilines is 2. The third-order valence-electron chi connectivity index (χ3n) is 7.94. The zero-order valence-electron chi connectivity index (χ0n) is 22.9. The maximum absolute atomic E-state index is 15.0. The molecule has 1 atom stereocenters. The van der Waals surface area contributed by atoms with Gasteiger partial charge in [0.2, 0.25) is 5.95 Å². The van der Waals surface area contributed by atoms with Gasteiger partial charge in [-0.2, -0.15) is 5.10 Å². The average Bonchev–Trinajstić information content (AvgIpc) is 3.26. The Morgan fingerprint density at radius 2 is 1.90 bits per heavy atom. The first-order valence-corrected chi connectivity index (χ1v) is 13.6. The molecular weight excluding hydrogens is 498 g/mol. The van der Waals surface area contributed by atoms with Crippen molar-refractivity contribution < 1.29 is 8.78 Å². The topological polar surface area (TPSA) is 75.0 Å². The highest BCUT2D eigenvalue weighted by Crippen LogP contribution is 2.32. The maximum atomic E-state index is 15.0. The van der Waals surface area contributed by atoms with Crippen molar-refractivity contribution in [1.82, 2.24) is 34.5 Å². The largest absolute Gasteiger partial charge is 0.309 e. The van der Waals surface area contributed by atoms with Gasteiger partial charge in [0.25, 0.3) is 0 Å². The van der Waals surface area contributed by atoms with Crippen LogP contribution in [0.3, 0.4) is 0 Å². The number of nitrogens with zero attached hydrogens (tertiary/aromatic N) is 7. The second-order valence-electron chi connectivity index (χ2n) is 11.1. The zero-order valence-corrected chi connectivity index (χ0v) is 22.9. The molecule has 5 heterocycles. The van der Waals surface area contributed by atoms with E-state index in [9.17, 15) is 4.39 Å². The van der Waals surface area contributed by atoms with Gasteiger partial charge >= 0.3 is 0 Å². The number of aryl methyl sites for hydroxylation is 1. The van der Waals surface area contributed by atoms with Crippen molar-refractivity contribution in [3.63, 3.8) is 0 Å². The van der Waals surface area contributed by atoms with Crippen molar-refractivity contribution in [2.75, 3.05) is 32.0 Å². The number of pyridine rings is 1. The number of nitrogens with one attached hydrogen (secondary N) is 1. The number of fused-ring (bicyclic) bond motifs is 2. The lowest BCUT2D eigenvalue weighted by Gasteiger charge is -2.40. The van der Waals surface area contributed by atoms with Gasteiger partial charge in [-0.1, -0.05) is 19.9 Å². The molecule has 6 rings (SSSR count). The molecule has 2 aliphatic rings. The molecule has 0 spiro atoms. The van der Waals surface area contributed by atoms with Gasteiger partial charge in [-0.15, -0.1) is 0 Å². The van der Waals surface area contributed by atoms with Crippen LogP contribution in [0.25, 0.3) is 22.2 Å². The van der Waals surface area contributed by atoms with E-state index < -0.39 is 11.6 Å². The fraction of sp³-hybridized carbons (Fsp3) is 0.448. The van der Waals surface area contributed by atoms with Crippen molar-refractivity contribution in [2.24, 2.45) is 7.05 Å². The minimum atomic E-state index is -0.624. The van der Waals surface area contributed by atoms with Gasteiger partial charge in [-0.3, -0.25) is 9.58 Å². The Labute approximate surface area is 227 Å². The summed E-state index contributed by atoms with van der Waals surface area (Å²) in [7, 11) is 3.99. The Morgan fingerprint density at radius 1 is 1.05 bits per heavy atom. The van der Waals surface area contributed by atoms with Crippen LogP contribution in [0.1, 0.15) is 49.6 Å². The van der Waals surface area contributed by atoms with E-state index in [-0.39, 0.29) is 23.1 Å². The van der Waals surface area contributed by atoms with Crippen molar-refractivity contribution in [3.05, 3.63) is 59.0 Å². The van der Waals surface area contributed by atoms with Gasteiger partial charge in [-0.25, -0.2) is 23.7 Å². The maximum Gasteiger partial charge on any atom is 0.229 e. The summed E-state index contributed by atoms with van der Waals surface area (Å²) in [6.45, 7) is 8.22. The number of likely N-dealkylation sites (N-methyl/N-ethyl adjacent to an activating group) is 1. The van der Waals surface area contributed by atoms with Crippen LogP contribution in [-0.2, 0) is 20.0 Å². The second-order valence-corrected chi connectivity index (χ2v) is 11.1. The highest BCUT2D eigenvalue weighted by molar-refractivity contribution is 5.87. The van der Waals surface area contributed by atoms with Crippen LogP contribution >= 0.6 is 0 Å². The Hall–Kier alpha value is -3.50. The predicted molar refractivity (Wildman–Crippen MR) is 148 cm³/mol. The quantitative estimate of drug-likeness (QED) is 0.387. The molecule has 1 fully saturated rings. The van der Waals surface area contributed by atoms with Crippen LogP contribution in [0, 0.1) is 11.6 Å². The predicted octanol–water partition coefficient (Wildman–Crippen LogP) is 5.02. The van der Waals surface area contributed by atoms with Crippen LogP contribution in [0.2, 0.25) is 0 Å². The molecule has 3 aromatic heterocycles. The van der Waals surface area contributed by atoms with E-state index in [1.54, 1.807) is 17.8 Å². The standard InChI is InChI=1S/C29H34F2N8/c1-17(2)28-21-12-19(13-22(30)27(21)36-38(28)4)26-23(31)14-32-29(35-26)34-25-8-7-18-15-39(11-9-24(18)33-25)20-6-5-10-37(3)16-20/h7-8,12-14,17,20H,5-6,9-11,15-16H2,1-4H3,(H,32,33,34,35)/t20-/m0/s1. The molecule has 10 heteroatoms. The third kappa shape index (κ3) is 4.98. The van der Waals surface area contributed by atoms with Gasteiger partial charge in [0.1, 0.15) is 17.0 Å². The SMILES string of the molecule is CC(C)c1c2cc(-c3nc(Nc4ccc5c(n4)CCN([C@H]4CCCN(C)C4)C5)ncc3F)cc(F)c2nn1C. The van der Waals surface area contributed by atoms with Crippen LogP contribution in [0.5, 0.6) is 0 Å². The number of piperidine rings is 1. The lowest BCUT2D eigenvalue weighted by Crippen LogP contribution is -2.48. The summed E-state index contributed by atoms with van der Waals surface area (Å²) in [6, 6.07) is 7.64. The van der Waals surface area contributed by atoms with Crippen LogP contribution in [-0.4, -0.2) is 67.3 Å². The first-order valence-electron chi connectivity index (χ1n) is 13.6. The summed E-state index contributed by atoms with van der Waals surface area (Å²) in [5.41, 5.74) is 3.81. The normalized spacial score (nSPS) is 18.6. The van der Waals surface area contributed by atoms with E-state index in [1.807, 2.05) is 19.9 Å². The first-order chi connectivity index (χ1) is 18.8. The molecule has 0 bridgehead atoms. The minimum absolute atomic E-state index is 0.0258. The Bertz CT molecular complexity index is 1530. The van der Waals surface area contributed by atoms with Gasteiger partial charge < -0.3 is 10.2 Å². The molecule has 4 aromatic rings. The molecule has 1 aromatic carbocycles. The number of hydrogen-bond donors (Lipinski definition) is 1. The third-order valence-corrected chi connectivity index (χ3v) is 7.94. The summed E-state index contributed by atoms with van der Waals surface area (Å²) in [4.78, 5) is 18.4. The number of rotatable bonds is 5. The highest BCUT2D eigenvalue weighted by Gasteiger charge is 2.27. The molecule has 0 radical (unpaired) electrons. The lowest BCUT2D eigenvalue weighted by atomic mass is 9.99. The molecule has 0 amide bonds. The second kappa shape index (κ2) is 10.2. The molecule has 1 N–H and O–H groups in total. The van der Waals surface area contributed by atoms with Crippen molar-refractivity contribution in [1.29, 1.82) is 0 Å². The summed E-state index contributed by atoms with van der Waals surface area (Å²) in [6.07, 6.45) is 4.47. The number of benzene rings is 1. The molecule has 1 saturated heterocycles. The summed E-state index contributed by atoms with van der Waals surface area (Å²) in [5, 5.41) is 8.10. The Balaban J connectivity index is 1.25. The van der Waals surface area contributed by atoms with E-state index in [2.05, 4.69) is 43.3 Å². The van der Waals surface area contributed by atoms with E-state index in [0.717, 1.165) is 43.6 Å².